The molecule has 0 aromatic carbocycles. The lowest BCUT2D eigenvalue weighted by Crippen LogP contribution is -2.23. The predicted molar refractivity (Wildman–Crippen MR) is 77.5 cm³/mol. The first-order valence-electron chi connectivity index (χ1n) is 5.91. The number of rotatable bonds is 4. The molecule has 5 heteroatoms. The number of nitrogens with zero attached hydrogens (tertiary/aromatic N) is 3. The molecule has 0 aliphatic rings. The molecule has 1 atom stereocenters. The number of hydrogen-bond donors (Lipinski definition) is 1. The van der Waals surface area contributed by atoms with Crippen LogP contribution in [0.5, 0.6) is 0 Å². The van der Waals surface area contributed by atoms with E-state index in [1.54, 1.807) is 11.3 Å². The van der Waals surface area contributed by atoms with Crippen LogP contribution in [0.25, 0.3) is 0 Å². The van der Waals surface area contributed by atoms with Gasteiger partial charge in [0.05, 0.1) is 6.04 Å². The zero-order valence-electron chi connectivity index (χ0n) is 11.1. The minimum Gasteiger partial charge on any atom is -0.357 e. The van der Waals surface area contributed by atoms with E-state index in [9.17, 15) is 0 Å². The van der Waals surface area contributed by atoms with Gasteiger partial charge in [0.25, 0.3) is 0 Å². The van der Waals surface area contributed by atoms with Crippen LogP contribution in [0.1, 0.15) is 23.4 Å². The van der Waals surface area contributed by atoms with Gasteiger partial charge in [-0.25, -0.2) is 4.98 Å². The molecule has 0 aliphatic heterocycles. The number of aryl methyl sites for hydroxylation is 1. The van der Waals surface area contributed by atoms with E-state index in [-0.39, 0.29) is 0 Å². The molecule has 0 aliphatic carbocycles. The third-order valence-electron chi connectivity index (χ3n) is 3.04. The van der Waals surface area contributed by atoms with Crippen LogP contribution >= 0.6 is 11.3 Å². The highest BCUT2D eigenvalue weighted by Gasteiger charge is 2.16. The smallest absolute Gasteiger partial charge is 0.224 e. The first-order valence-corrected chi connectivity index (χ1v) is 6.79. The molecule has 18 heavy (non-hydrogen) atoms. The SMILES string of the molecule is CNc1ncc(C)c(N(C)C(C)c2cccs2)n1. The van der Waals surface area contributed by atoms with Crippen molar-refractivity contribution in [3.63, 3.8) is 0 Å². The van der Waals surface area contributed by atoms with Gasteiger partial charge < -0.3 is 10.2 Å². The van der Waals surface area contributed by atoms with E-state index < -0.39 is 0 Å². The van der Waals surface area contributed by atoms with Crippen molar-refractivity contribution in [2.75, 3.05) is 24.3 Å². The average Bonchev–Trinajstić information content (AvgIpc) is 2.91. The van der Waals surface area contributed by atoms with E-state index in [1.165, 1.54) is 4.88 Å². The average molecular weight is 262 g/mol. The van der Waals surface area contributed by atoms with Crippen LogP contribution in [0.3, 0.4) is 0 Å². The van der Waals surface area contributed by atoms with Crippen LogP contribution in [0, 0.1) is 6.92 Å². The Morgan fingerprint density at radius 3 is 2.83 bits per heavy atom. The molecule has 0 amide bonds. The lowest BCUT2D eigenvalue weighted by molar-refractivity contribution is 0.737. The van der Waals surface area contributed by atoms with Gasteiger partial charge in [-0.1, -0.05) is 6.07 Å². The van der Waals surface area contributed by atoms with Crippen molar-refractivity contribution in [1.82, 2.24) is 9.97 Å². The molecular formula is C13H18N4S. The molecule has 0 saturated heterocycles. The Bertz CT molecular complexity index is 510. The van der Waals surface area contributed by atoms with Gasteiger partial charge in [-0.15, -0.1) is 11.3 Å². The van der Waals surface area contributed by atoms with Crippen molar-refractivity contribution in [1.29, 1.82) is 0 Å². The van der Waals surface area contributed by atoms with Crippen molar-refractivity contribution in [2.45, 2.75) is 19.9 Å². The molecule has 0 bridgehead atoms. The second-order valence-corrected chi connectivity index (χ2v) is 5.23. The Morgan fingerprint density at radius 1 is 1.44 bits per heavy atom. The lowest BCUT2D eigenvalue weighted by Gasteiger charge is -2.26. The standard InChI is InChI=1S/C13H18N4S/c1-9-8-15-13(14-3)16-12(9)17(4)10(2)11-6-5-7-18-11/h5-8,10H,1-4H3,(H,14,15,16). The molecule has 2 heterocycles. The van der Waals surface area contributed by atoms with E-state index in [1.807, 2.05) is 20.2 Å². The molecule has 0 saturated carbocycles. The third-order valence-corrected chi connectivity index (χ3v) is 4.08. The fraction of sp³-hybridized carbons (Fsp3) is 0.385. The Labute approximate surface area is 112 Å². The summed E-state index contributed by atoms with van der Waals surface area (Å²) in [6.45, 7) is 4.22. The first-order chi connectivity index (χ1) is 8.63. The molecule has 2 rings (SSSR count). The third kappa shape index (κ3) is 2.46. The van der Waals surface area contributed by atoms with Crippen molar-refractivity contribution in [2.24, 2.45) is 0 Å². The van der Waals surface area contributed by atoms with Gasteiger partial charge in [-0.2, -0.15) is 4.98 Å². The highest BCUT2D eigenvalue weighted by Crippen LogP contribution is 2.28. The highest BCUT2D eigenvalue weighted by atomic mass is 32.1. The number of anilines is 2. The van der Waals surface area contributed by atoms with Gasteiger partial charge in [0.1, 0.15) is 5.82 Å². The number of hydrogen-bond acceptors (Lipinski definition) is 5. The van der Waals surface area contributed by atoms with Crippen LogP contribution < -0.4 is 10.2 Å². The largest absolute Gasteiger partial charge is 0.357 e. The number of nitrogens with one attached hydrogen (secondary N) is 1. The molecular weight excluding hydrogens is 244 g/mol. The summed E-state index contributed by atoms with van der Waals surface area (Å²) in [5, 5.41) is 5.08. The van der Waals surface area contributed by atoms with E-state index in [4.69, 9.17) is 0 Å². The summed E-state index contributed by atoms with van der Waals surface area (Å²) < 4.78 is 0. The summed E-state index contributed by atoms with van der Waals surface area (Å²) in [6, 6.07) is 4.54. The maximum absolute atomic E-state index is 4.53. The monoisotopic (exact) mass is 262 g/mol. The Morgan fingerprint density at radius 2 is 2.22 bits per heavy atom. The van der Waals surface area contributed by atoms with E-state index in [2.05, 4.69) is 51.7 Å². The van der Waals surface area contributed by atoms with Gasteiger partial charge >= 0.3 is 0 Å². The van der Waals surface area contributed by atoms with Crippen molar-refractivity contribution in [3.8, 4) is 0 Å². The molecule has 0 spiro atoms. The molecule has 1 unspecified atom stereocenters. The summed E-state index contributed by atoms with van der Waals surface area (Å²) in [4.78, 5) is 12.3. The quantitative estimate of drug-likeness (QED) is 0.919. The molecule has 4 nitrogen and oxygen atoms in total. The molecule has 1 N–H and O–H groups in total. The normalized spacial score (nSPS) is 12.2. The summed E-state index contributed by atoms with van der Waals surface area (Å²) >= 11 is 1.77. The zero-order chi connectivity index (χ0) is 13.1. The van der Waals surface area contributed by atoms with Gasteiger partial charge in [-0.05, 0) is 25.3 Å². The van der Waals surface area contributed by atoms with Crippen LogP contribution in [0.4, 0.5) is 11.8 Å². The van der Waals surface area contributed by atoms with Gasteiger partial charge in [0.15, 0.2) is 0 Å². The molecule has 0 fully saturated rings. The number of aromatic nitrogens is 2. The van der Waals surface area contributed by atoms with Crippen LogP contribution in [-0.2, 0) is 0 Å². The summed E-state index contributed by atoms with van der Waals surface area (Å²) in [7, 11) is 3.90. The lowest BCUT2D eigenvalue weighted by atomic mass is 10.2. The molecule has 0 radical (unpaired) electrons. The van der Waals surface area contributed by atoms with Crippen LogP contribution in [0.15, 0.2) is 23.7 Å². The van der Waals surface area contributed by atoms with Crippen molar-refractivity contribution < 1.29 is 0 Å². The van der Waals surface area contributed by atoms with E-state index in [0.717, 1.165) is 11.4 Å². The maximum atomic E-state index is 4.53. The Balaban J connectivity index is 2.30. The van der Waals surface area contributed by atoms with E-state index >= 15 is 0 Å². The van der Waals surface area contributed by atoms with Gasteiger partial charge in [0.2, 0.25) is 5.95 Å². The fourth-order valence-corrected chi connectivity index (χ4v) is 2.64. The minimum atomic E-state index is 0.309. The fourth-order valence-electron chi connectivity index (χ4n) is 1.81. The number of thiophene rings is 1. The maximum Gasteiger partial charge on any atom is 0.224 e. The molecule has 96 valence electrons. The summed E-state index contributed by atoms with van der Waals surface area (Å²) in [5.74, 6) is 1.62. The second kappa shape index (κ2) is 5.35. The predicted octanol–water partition coefficient (Wildman–Crippen LogP) is 3.09. The Hall–Kier alpha value is -1.62. The molecule has 2 aromatic rings. The Kier molecular flexibility index (Phi) is 3.81. The van der Waals surface area contributed by atoms with Gasteiger partial charge in [0, 0.05) is 30.7 Å². The molecule has 2 aromatic heterocycles. The van der Waals surface area contributed by atoms with Crippen molar-refractivity contribution >= 4 is 23.1 Å². The van der Waals surface area contributed by atoms with Crippen LogP contribution in [0.2, 0.25) is 0 Å². The van der Waals surface area contributed by atoms with E-state index in [0.29, 0.717) is 12.0 Å². The zero-order valence-corrected chi connectivity index (χ0v) is 12.0. The second-order valence-electron chi connectivity index (χ2n) is 4.25. The van der Waals surface area contributed by atoms with Gasteiger partial charge in [-0.3, -0.25) is 0 Å². The van der Waals surface area contributed by atoms with Crippen molar-refractivity contribution in [3.05, 3.63) is 34.2 Å². The topological polar surface area (TPSA) is 41.1 Å². The summed E-state index contributed by atoms with van der Waals surface area (Å²) in [6.07, 6.45) is 1.85. The first kappa shape index (κ1) is 12.8. The minimum absolute atomic E-state index is 0.309. The highest BCUT2D eigenvalue weighted by molar-refractivity contribution is 7.10. The van der Waals surface area contributed by atoms with Crippen LogP contribution in [-0.4, -0.2) is 24.1 Å². The summed E-state index contributed by atoms with van der Waals surface area (Å²) in [5.41, 5.74) is 1.08.